The lowest BCUT2D eigenvalue weighted by Gasteiger charge is -2.35. The number of hydrogen-bond acceptors (Lipinski definition) is 8. The van der Waals surface area contributed by atoms with E-state index in [2.05, 4.69) is 15.5 Å². The van der Waals surface area contributed by atoms with Crippen LogP contribution >= 0.6 is 11.3 Å². The summed E-state index contributed by atoms with van der Waals surface area (Å²) in [6.07, 6.45) is 0. The van der Waals surface area contributed by atoms with Gasteiger partial charge >= 0.3 is 6.03 Å². The Morgan fingerprint density at radius 2 is 2.00 bits per heavy atom. The number of carbonyl (C=O) groups excluding carboxylic acids is 1. The van der Waals surface area contributed by atoms with Gasteiger partial charge in [0.05, 0.1) is 43.9 Å². The van der Waals surface area contributed by atoms with Gasteiger partial charge in [0.15, 0.2) is 11.5 Å². The fourth-order valence-electron chi connectivity index (χ4n) is 3.63. The molecular formula is C22H24N4O5S. The van der Waals surface area contributed by atoms with Crippen molar-refractivity contribution in [1.29, 1.82) is 0 Å². The maximum atomic E-state index is 12.9. The van der Waals surface area contributed by atoms with Crippen molar-refractivity contribution in [2.45, 2.75) is 13.0 Å². The van der Waals surface area contributed by atoms with Crippen LogP contribution in [0.4, 0.5) is 4.79 Å². The van der Waals surface area contributed by atoms with Crippen molar-refractivity contribution < 1.29 is 23.5 Å². The monoisotopic (exact) mass is 456 g/mol. The second kappa shape index (κ2) is 9.41. The van der Waals surface area contributed by atoms with E-state index in [-0.39, 0.29) is 6.03 Å². The Morgan fingerprint density at radius 1 is 1.19 bits per heavy atom. The minimum atomic E-state index is -0.516. The minimum Gasteiger partial charge on any atom is -0.493 e. The van der Waals surface area contributed by atoms with Crippen LogP contribution in [-0.2, 0) is 4.74 Å². The highest BCUT2D eigenvalue weighted by Gasteiger charge is 2.36. The van der Waals surface area contributed by atoms with Gasteiger partial charge in [0, 0.05) is 12.8 Å². The number of allylic oxidation sites excluding steroid dienone is 1. The molecule has 0 fully saturated rings. The normalized spacial score (nSPS) is 16.3. The zero-order valence-electron chi connectivity index (χ0n) is 18.2. The lowest BCUT2D eigenvalue weighted by molar-refractivity contribution is 0.158. The molecule has 0 saturated carbocycles. The maximum absolute atomic E-state index is 12.9. The smallest absolute Gasteiger partial charge is 0.322 e. The number of aromatic nitrogens is 2. The van der Waals surface area contributed by atoms with Crippen LogP contribution in [-0.4, -0.2) is 55.6 Å². The Balaban J connectivity index is 1.81. The molecule has 168 valence electrons. The van der Waals surface area contributed by atoms with Crippen LogP contribution < -0.4 is 14.8 Å². The first kappa shape index (κ1) is 21.8. The molecular weight excluding hydrogens is 432 g/mol. The number of methoxy groups -OCH3 is 3. The van der Waals surface area contributed by atoms with Crippen LogP contribution in [0.2, 0.25) is 0 Å². The van der Waals surface area contributed by atoms with Gasteiger partial charge in [-0.3, -0.25) is 4.90 Å². The Bertz CT molecular complexity index is 1130. The van der Waals surface area contributed by atoms with E-state index in [1.807, 2.05) is 36.6 Å². The summed E-state index contributed by atoms with van der Waals surface area (Å²) in [4.78, 5) is 20.1. The fourth-order valence-corrected chi connectivity index (χ4v) is 4.28. The molecule has 4 rings (SSSR count). The van der Waals surface area contributed by atoms with Crippen LogP contribution in [0.15, 0.2) is 45.9 Å². The summed E-state index contributed by atoms with van der Waals surface area (Å²) >= 11 is 1.53. The summed E-state index contributed by atoms with van der Waals surface area (Å²) in [5, 5.41) is 9.16. The summed E-state index contributed by atoms with van der Waals surface area (Å²) in [5.41, 5.74) is 2.22. The summed E-state index contributed by atoms with van der Waals surface area (Å²) in [5.74, 6) is 2.00. The maximum Gasteiger partial charge on any atom is 0.322 e. The zero-order valence-corrected chi connectivity index (χ0v) is 19.1. The van der Waals surface area contributed by atoms with E-state index in [0.29, 0.717) is 47.6 Å². The van der Waals surface area contributed by atoms with Gasteiger partial charge in [0.1, 0.15) is 0 Å². The van der Waals surface area contributed by atoms with Gasteiger partial charge in [-0.1, -0.05) is 17.3 Å². The number of amides is 2. The van der Waals surface area contributed by atoms with Gasteiger partial charge in [-0.15, -0.1) is 11.3 Å². The van der Waals surface area contributed by atoms with E-state index in [0.717, 1.165) is 10.4 Å². The number of hydrogen-bond donors (Lipinski definition) is 1. The van der Waals surface area contributed by atoms with Crippen molar-refractivity contribution in [1.82, 2.24) is 20.4 Å². The average Bonchev–Trinajstić information content (AvgIpc) is 3.50. The van der Waals surface area contributed by atoms with E-state index >= 15 is 0 Å². The predicted octanol–water partition coefficient (Wildman–Crippen LogP) is 3.96. The molecule has 1 aliphatic rings. The average molecular weight is 457 g/mol. The standard InChI is InChI=1S/C22H24N4O5S/c1-13-18(21-24-20(25-31-21)17-6-5-11-32-17)19(23-22(27)26(13)9-10-28-2)14-7-8-15(29-3)16(12-14)30-4/h5-8,11-12,19H,9-10H2,1-4H3,(H,23,27). The Hall–Kier alpha value is -3.37. The van der Waals surface area contributed by atoms with Crippen LogP contribution in [0.25, 0.3) is 16.3 Å². The third kappa shape index (κ3) is 4.06. The predicted molar refractivity (Wildman–Crippen MR) is 120 cm³/mol. The molecule has 1 unspecified atom stereocenters. The Morgan fingerprint density at radius 3 is 2.69 bits per heavy atom. The van der Waals surface area contributed by atoms with E-state index in [1.165, 1.54) is 11.3 Å². The number of ether oxygens (including phenoxy) is 3. The number of urea groups is 1. The molecule has 0 spiro atoms. The Labute approximate surface area is 189 Å². The molecule has 10 heteroatoms. The number of nitrogens with zero attached hydrogens (tertiary/aromatic N) is 3. The number of benzene rings is 1. The second-order valence-electron chi connectivity index (χ2n) is 7.04. The van der Waals surface area contributed by atoms with Crippen LogP contribution in [0.1, 0.15) is 24.4 Å². The molecule has 32 heavy (non-hydrogen) atoms. The van der Waals surface area contributed by atoms with Gasteiger partial charge in [0.25, 0.3) is 5.89 Å². The highest BCUT2D eigenvalue weighted by molar-refractivity contribution is 7.13. The number of carbonyl (C=O) groups is 1. The largest absolute Gasteiger partial charge is 0.493 e. The molecule has 3 aromatic rings. The van der Waals surface area contributed by atoms with Gasteiger partial charge in [-0.2, -0.15) is 4.98 Å². The molecule has 2 aromatic heterocycles. The lowest BCUT2D eigenvalue weighted by Crippen LogP contribution is -2.47. The SMILES string of the molecule is COCCN1C(=O)NC(c2ccc(OC)c(OC)c2)C(c2nc(-c3cccs3)no2)=C1C. The molecule has 2 amide bonds. The van der Waals surface area contributed by atoms with Gasteiger partial charge in [-0.05, 0) is 36.1 Å². The topological polar surface area (TPSA) is 99.0 Å². The third-order valence-electron chi connectivity index (χ3n) is 5.25. The van der Waals surface area contributed by atoms with E-state index < -0.39 is 6.04 Å². The molecule has 1 aromatic carbocycles. The fraction of sp³-hybridized carbons (Fsp3) is 0.318. The summed E-state index contributed by atoms with van der Waals surface area (Å²) in [6, 6.07) is 8.62. The lowest BCUT2D eigenvalue weighted by atomic mass is 9.94. The highest BCUT2D eigenvalue weighted by atomic mass is 32.1. The van der Waals surface area contributed by atoms with E-state index in [1.54, 1.807) is 32.3 Å². The molecule has 1 atom stereocenters. The van der Waals surface area contributed by atoms with Crippen LogP contribution in [0, 0.1) is 0 Å². The molecule has 3 heterocycles. The molecule has 9 nitrogen and oxygen atoms in total. The molecule has 1 aliphatic heterocycles. The molecule has 0 radical (unpaired) electrons. The zero-order chi connectivity index (χ0) is 22.7. The highest BCUT2D eigenvalue weighted by Crippen LogP contribution is 2.40. The van der Waals surface area contributed by atoms with Gasteiger partial charge < -0.3 is 24.1 Å². The van der Waals surface area contributed by atoms with Crippen LogP contribution in [0.3, 0.4) is 0 Å². The van der Waals surface area contributed by atoms with E-state index in [9.17, 15) is 4.79 Å². The minimum absolute atomic E-state index is 0.235. The third-order valence-corrected chi connectivity index (χ3v) is 6.12. The van der Waals surface area contributed by atoms with Crippen molar-refractivity contribution in [3.63, 3.8) is 0 Å². The number of thiophene rings is 1. The van der Waals surface area contributed by atoms with Crippen molar-refractivity contribution in [2.24, 2.45) is 0 Å². The van der Waals surface area contributed by atoms with Crippen molar-refractivity contribution >= 4 is 22.9 Å². The molecule has 1 N–H and O–H groups in total. The molecule has 0 saturated heterocycles. The summed E-state index contributed by atoms with van der Waals surface area (Å²) in [7, 11) is 4.74. The van der Waals surface area contributed by atoms with E-state index in [4.69, 9.17) is 18.7 Å². The van der Waals surface area contributed by atoms with Crippen LogP contribution in [0.5, 0.6) is 11.5 Å². The van der Waals surface area contributed by atoms with Crippen molar-refractivity contribution in [3.8, 4) is 22.2 Å². The first-order valence-electron chi connectivity index (χ1n) is 9.95. The second-order valence-corrected chi connectivity index (χ2v) is 7.99. The first-order valence-corrected chi connectivity index (χ1v) is 10.8. The summed E-state index contributed by atoms with van der Waals surface area (Å²) < 4.78 is 21.7. The molecule has 0 bridgehead atoms. The quantitative estimate of drug-likeness (QED) is 0.548. The van der Waals surface area contributed by atoms with Crippen molar-refractivity contribution in [2.75, 3.05) is 34.5 Å². The summed E-state index contributed by atoms with van der Waals surface area (Å²) in [6.45, 7) is 2.65. The van der Waals surface area contributed by atoms with Gasteiger partial charge in [-0.25, -0.2) is 4.79 Å². The molecule has 0 aliphatic carbocycles. The Kier molecular flexibility index (Phi) is 6.42. The van der Waals surface area contributed by atoms with Gasteiger partial charge in [0.2, 0.25) is 5.82 Å². The first-order chi connectivity index (χ1) is 15.6. The van der Waals surface area contributed by atoms with Crippen molar-refractivity contribution in [3.05, 3.63) is 52.9 Å². The number of rotatable bonds is 8. The number of nitrogens with one attached hydrogen (secondary N) is 1.